The molecule has 0 saturated heterocycles. The molecule has 13 heteroatoms. The average Bonchev–Trinajstić information content (AvgIpc) is 3.39. The third-order valence-electron chi connectivity index (χ3n) is 4.04. The average molecular weight is 467 g/mol. The summed E-state index contributed by atoms with van der Waals surface area (Å²) in [4.78, 5) is 16.0. The summed E-state index contributed by atoms with van der Waals surface area (Å²) in [5.41, 5.74) is 0.707. The second kappa shape index (κ2) is 9.49. The summed E-state index contributed by atoms with van der Waals surface area (Å²) in [6, 6.07) is 7.15. The number of hydrogen-bond acceptors (Lipinski definition) is 10. The second-order valence-electron chi connectivity index (χ2n) is 6.75. The standard InChI is InChI=1S/C18H22N6O5S2/c1-5-28-13-8-6-12(7-9-13)15-19-14(29-23-15)10-24(4)31(26,27)18-22-21-17(30-18)20-16(25)11(2)3/h6-9,11H,5,10H2,1-4H3,(H,20,21,25). The highest BCUT2D eigenvalue weighted by molar-refractivity contribution is 7.91. The van der Waals surface area contributed by atoms with Gasteiger partial charge in [0.05, 0.1) is 13.2 Å². The molecule has 0 radical (unpaired) electrons. The van der Waals surface area contributed by atoms with Gasteiger partial charge in [-0.3, -0.25) is 4.79 Å². The lowest BCUT2D eigenvalue weighted by Gasteiger charge is -2.11. The molecule has 0 aliphatic rings. The molecular formula is C18H22N6O5S2. The summed E-state index contributed by atoms with van der Waals surface area (Å²) < 4.78 is 36.9. The van der Waals surface area contributed by atoms with Gasteiger partial charge in [-0.1, -0.05) is 30.3 Å². The van der Waals surface area contributed by atoms with Gasteiger partial charge in [-0.25, -0.2) is 8.42 Å². The van der Waals surface area contributed by atoms with Gasteiger partial charge in [-0.2, -0.15) is 9.29 Å². The van der Waals surface area contributed by atoms with Crippen molar-refractivity contribution in [3.05, 3.63) is 30.2 Å². The van der Waals surface area contributed by atoms with Crippen LogP contribution in [0.3, 0.4) is 0 Å². The lowest BCUT2D eigenvalue weighted by Crippen LogP contribution is -2.26. The summed E-state index contributed by atoms with van der Waals surface area (Å²) in [6.45, 7) is 5.74. The van der Waals surface area contributed by atoms with E-state index in [-0.39, 0.29) is 33.7 Å². The number of rotatable bonds is 9. The molecule has 0 aliphatic heterocycles. The van der Waals surface area contributed by atoms with Crippen molar-refractivity contribution in [2.45, 2.75) is 31.7 Å². The van der Waals surface area contributed by atoms with E-state index >= 15 is 0 Å². The predicted octanol–water partition coefficient (Wildman–Crippen LogP) is 2.40. The molecule has 0 saturated carbocycles. The van der Waals surface area contributed by atoms with Crippen molar-refractivity contribution in [3.8, 4) is 17.1 Å². The minimum Gasteiger partial charge on any atom is -0.494 e. The highest BCUT2D eigenvalue weighted by atomic mass is 32.2. The molecule has 0 bridgehead atoms. The molecule has 31 heavy (non-hydrogen) atoms. The van der Waals surface area contributed by atoms with Crippen LogP contribution in [0.1, 0.15) is 26.7 Å². The molecule has 1 amide bonds. The Bertz CT molecular complexity index is 1140. The SMILES string of the molecule is CCOc1ccc(-c2noc(CN(C)S(=O)(=O)c3nnc(NC(=O)C(C)C)s3)n2)cc1. The minimum absolute atomic E-state index is 0.112. The first-order valence-electron chi connectivity index (χ1n) is 9.37. The Morgan fingerprint density at radius 3 is 2.61 bits per heavy atom. The number of benzene rings is 1. The number of hydrogen-bond donors (Lipinski definition) is 1. The van der Waals surface area contributed by atoms with Gasteiger partial charge >= 0.3 is 0 Å². The van der Waals surface area contributed by atoms with E-state index in [4.69, 9.17) is 9.26 Å². The maximum absolute atomic E-state index is 12.8. The van der Waals surface area contributed by atoms with E-state index in [1.165, 1.54) is 7.05 Å². The highest BCUT2D eigenvalue weighted by Crippen LogP contribution is 2.25. The first-order valence-corrected chi connectivity index (χ1v) is 11.6. The Hall–Kier alpha value is -2.90. The molecule has 0 atom stereocenters. The van der Waals surface area contributed by atoms with E-state index in [0.717, 1.165) is 21.4 Å². The fraction of sp³-hybridized carbons (Fsp3) is 0.389. The van der Waals surface area contributed by atoms with Crippen LogP contribution in [0.5, 0.6) is 5.75 Å². The number of nitrogens with one attached hydrogen (secondary N) is 1. The van der Waals surface area contributed by atoms with E-state index in [1.807, 2.05) is 6.92 Å². The van der Waals surface area contributed by atoms with E-state index in [1.54, 1.807) is 38.1 Å². The molecule has 2 heterocycles. The Morgan fingerprint density at radius 1 is 1.26 bits per heavy atom. The van der Waals surface area contributed by atoms with Crippen LogP contribution in [0, 0.1) is 5.92 Å². The maximum Gasteiger partial charge on any atom is 0.272 e. The third-order valence-corrected chi connectivity index (χ3v) is 7.03. The molecule has 1 N–H and O–H groups in total. The molecule has 3 rings (SSSR count). The number of carbonyl (C=O) groups is 1. The lowest BCUT2D eigenvalue weighted by molar-refractivity contribution is -0.118. The summed E-state index contributed by atoms with van der Waals surface area (Å²) in [6.07, 6.45) is 0. The van der Waals surface area contributed by atoms with Crippen LogP contribution in [0.4, 0.5) is 5.13 Å². The van der Waals surface area contributed by atoms with Gasteiger partial charge in [-0.15, -0.1) is 10.2 Å². The normalized spacial score (nSPS) is 11.8. The molecule has 0 spiro atoms. The fourth-order valence-electron chi connectivity index (χ4n) is 2.33. The van der Waals surface area contributed by atoms with Crippen molar-refractivity contribution in [1.29, 1.82) is 0 Å². The van der Waals surface area contributed by atoms with E-state index in [2.05, 4.69) is 25.7 Å². The van der Waals surface area contributed by atoms with Crippen molar-refractivity contribution in [2.24, 2.45) is 5.92 Å². The molecule has 2 aromatic heterocycles. The van der Waals surface area contributed by atoms with Crippen molar-refractivity contribution in [3.63, 3.8) is 0 Å². The Labute approximate surface area is 183 Å². The van der Waals surface area contributed by atoms with E-state index in [9.17, 15) is 13.2 Å². The van der Waals surface area contributed by atoms with Gasteiger partial charge in [-0.05, 0) is 31.2 Å². The number of sulfonamides is 1. The zero-order chi connectivity index (χ0) is 22.6. The summed E-state index contributed by atoms with van der Waals surface area (Å²) >= 11 is 0.769. The van der Waals surface area contributed by atoms with Crippen molar-refractivity contribution < 1.29 is 22.5 Å². The molecule has 0 fully saturated rings. The highest BCUT2D eigenvalue weighted by Gasteiger charge is 2.28. The van der Waals surface area contributed by atoms with Crippen LogP contribution in [-0.2, 0) is 21.4 Å². The number of anilines is 1. The number of amides is 1. The lowest BCUT2D eigenvalue weighted by atomic mass is 10.2. The van der Waals surface area contributed by atoms with E-state index < -0.39 is 10.0 Å². The van der Waals surface area contributed by atoms with Crippen LogP contribution in [0.25, 0.3) is 11.4 Å². The monoisotopic (exact) mass is 466 g/mol. The number of nitrogens with zero attached hydrogens (tertiary/aromatic N) is 5. The van der Waals surface area contributed by atoms with Gasteiger partial charge < -0.3 is 14.6 Å². The maximum atomic E-state index is 12.8. The summed E-state index contributed by atoms with van der Waals surface area (Å²) in [7, 11) is -2.59. The van der Waals surface area contributed by atoms with Crippen LogP contribution in [0.2, 0.25) is 0 Å². The van der Waals surface area contributed by atoms with Gasteiger partial charge in [0, 0.05) is 18.5 Å². The van der Waals surface area contributed by atoms with Crippen LogP contribution in [0.15, 0.2) is 33.1 Å². The Balaban J connectivity index is 1.69. The van der Waals surface area contributed by atoms with Crippen molar-refractivity contribution in [2.75, 3.05) is 19.0 Å². The van der Waals surface area contributed by atoms with Gasteiger partial charge in [0.2, 0.25) is 27.1 Å². The van der Waals surface area contributed by atoms with Crippen molar-refractivity contribution in [1.82, 2.24) is 24.6 Å². The van der Waals surface area contributed by atoms with Crippen LogP contribution < -0.4 is 10.1 Å². The predicted molar refractivity (Wildman–Crippen MR) is 113 cm³/mol. The molecule has 166 valence electrons. The molecular weight excluding hydrogens is 444 g/mol. The molecule has 0 unspecified atom stereocenters. The first kappa shape index (κ1) is 22.8. The zero-order valence-corrected chi connectivity index (χ0v) is 19.0. The largest absolute Gasteiger partial charge is 0.494 e. The number of aromatic nitrogens is 4. The van der Waals surface area contributed by atoms with Gasteiger partial charge in [0.25, 0.3) is 10.0 Å². The van der Waals surface area contributed by atoms with E-state index in [0.29, 0.717) is 18.0 Å². The summed E-state index contributed by atoms with van der Waals surface area (Å²) in [5, 5.41) is 14.0. The first-order chi connectivity index (χ1) is 14.7. The Kier molecular flexibility index (Phi) is 6.97. The van der Waals surface area contributed by atoms with Crippen LogP contribution >= 0.6 is 11.3 Å². The molecule has 1 aromatic carbocycles. The third kappa shape index (κ3) is 5.42. The van der Waals surface area contributed by atoms with Gasteiger partial charge in [0.15, 0.2) is 0 Å². The number of ether oxygens (including phenoxy) is 1. The quantitative estimate of drug-likeness (QED) is 0.471. The summed E-state index contributed by atoms with van der Waals surface area (Å²) in [5.74, 6) is 0.628. The Morgan fingerprint density at radius 2 is 1.97 bits per heavy atom. The topological polar surface area (TPSA) is 140 Å². The second-order valence-corrected chi connectivity index (χ2v) is 9.94. The van der Waals surface area contributed by atoms with Crippen molar-refractivity contribution >= 4 is 32.4 Å². The number of carbonyl (C=O) groups excluding carboxylic acids is 1. The fourth-order valence-corrected chi connectivity index (χ4v) is 4.54. The molecule has 11 nitrogen and oxygen atoms in total. The van der Waals surface area contributed by atoms with Gasteiger partial charge in [0.1, 0.15) is 5.75 Å². The van der Waals surface area contributed by atoms with Crippen LogP contribution in [-0.4, -0.2) is 52.6 Å². The molecule has 0 aliphatic carbocycles. The zero-order valence-electron chi connectivity index (χ0n) is 17.4. The minimum atomic E-state index is -3.96. The smallest absolute Gasteiger partial charge is 0.272 e. The molecule has 3 aromatic rings.